The molecule has 3 heterocycles. The summed E-state index contributed by atoms with van der Waals surface area (Å²) >= 11 is 0. The third-order valence-electron chi connectivity index (χ3n) is 5.72. The van der Waals surface area contributed by atoms with Crippen molar-refractivity contribution < 1.29 is 23.8 Å². The number of anilines is 2. The Hall–Kier alpha value is -3.27. The summed E-state index contributed by atoms with van der Waals surface area (Å²) < 4.78 is 18.9. The van der Waals surface area contributed by atoms with Crippen molar-refractivity contribution in [2.24, 2.45) is 11.8 Å². The van der Waals surface area contributed by atoms with Crippen LogP contribution in [-0.4, -0.2) is 65.7 Å². The molecule has 10 heteroatoms. The smallest absolute Gasteiger partial charge is 0.290 e. The van der Waals surface area contributed by atoms with Crippen LogP contribution < -0.4 is 10.6 Å². The first-order valence-corrected chi connectivity index (χ1v) is 9.85. The second kappa shape index (κ2) is 9.69. The second-order valence-electron chi connectivity index (χ2n) is 7.65. The number of nitrogen functional groups attached to an aromatic ring is 1. The summed E-state index contributed by atoms with van der Waals surface area (Å²) in [6.07, 6.45) is 1.73. The van der Waals surface area contributed by atoms with Crippen molar-refractivity contribution in [1.29, 1.82) is 0 Å². The molecule has 2 aliphatic heterocycles. The fourth-order valence-corrected chi connectivity index (χ4v) is 4.39. The molecule has 3 atom stereocenters. The summed E-state index contributed by atoms with van der Waals surface area (Å²) in [5.41, 5.74) is 7.60. The lowest BCUT2D eigenvalue weighted by Gasteiger charge is -2.30. The highest BCUT2D eigenvalue weighted by Crippen LogP contribution is 2.45. The normalized spacial score (nSPS) is 22.0. The summed E-state index contributed by atoms with van der Waals surface area (Å²) in [4.78, 5) is 33.8. The minimum absolute atomic E-state index is 0.0204. The van der Waals surface area contributed by atoms with Gasteiger partial charge in [0.25, 0.3) is 6.47 Å². The molecule has 2 aliphatic rings. The number of aromatic nitrogens is 2. The monoisotopic (exact) mass is 431 g/mol. The molecule has 2 saturated heterocycles. The first-order valence-electron chi connectivity index (χ1n) is 9.85. The Kier molecular flexibility index (Phi) is 7.01. The number of ether oxygens (including phenoxy) is 1. The Morgan fingerprint density at radius 1 is 1.39 bits per heavy atom. The number of amides is 1. The van der Waals surface area contributed by atoms with Gasteiger partial charge in [-0.15, -0.1) is 0 Å². The highest BCUT2D eigenvalue weighted by atomic mass is 19.1. The molecule has 0 radical (unpaired) electrons. The maximum absolute atomic E-state index is 13.9. The quantitative estimate of drug-likeness (QED) is 0.699. The largest absolute Gasteiger partial charge is 0.483 e. The fraction of sp³-hybridized carbons (Fsp3) is 0.429. The van der Waals surface area contributed by atoms with E-state index in [4.69, 9.17) is 20.4 Å². The Morgan fingerprint density at radius 3 is 2.77 bits per heavy atom. The zero-order valence-corrected chi connectivity index (χ0v) is 17.4. The fourth-order valence-electron chi connectivity index (χ4n) is 4.39. The summed E-state index contributed by atoms with van der Waals surface area (Å²) in [7, 11) is 1.51. The minimum Gasteiger partial charge on any atom is -0.483 e. The van der Waals surface area contributed by atoms with Gasteiger partial charge in [-0.05, 0) is 24.6 Å². The van der Waals surface area contributed by atoms with Gasteiger partial charge >= 0.3 is 0 Å². The number of hydrogen-bond acceptors (Lipinski definition) is 7. The number of nitrogens with zero attached hydrogens (tertiary/aromatic N) is 4. The van der Waals surface area contributed by atoms with Gasteiger partial charge in [-0.1, -0.05) is 12.1 Å². The van der Waals surface area contributed by atoms with Crippen LogP contribution in [0.3, 0.4) is 0 Å². The van der Waals surface area contributed by atoms with Crippen molar-refractivity contribution in [3.8, 4) is 0 Å². The zero-order chi connectivity index (χ0) is 22.5. The molecular formula is C21H26FN5O4. The van der Waals surface area contributed by atoms with Crippen LogP contribution in [0.15, 0.2) is 30.5 Å². The standard InChI is InChI=1S/C20H24FN5O2.CH2O2/c1-12-7-23-20(24-19(12)22)25-8-14-9-26(17(27)11-28-2)18(16(14)10-25)13-4-3-5-15(21)6-13;2-1-3/h3-7,14,16,18H,8-11H2,1-2H3,(H2,22,23,24);1H,(H,2,3)/t14-,16-,18+;/m1./s1. The first-order chi connectivity index (χ1) is 14.9. The average molecular weight is 431 g/mol. The van der Waals surface area contributed by atoms with Gasteiger partial charge in [-0.25, -0.2) is 9.37 Å². The number of halogens is 1. The van der Waals surface area contributed by atoms with Crippen LogP contribution in [0.25, 0.3) is 0 Å². The van der Waals surface area contributed by atoms with Gasteiger partial charge in [0.2, 0.25) is 11.9 Å². The second-order valence-corrected chi connectivity index (χ2v) is 7.65. The first kappa shape index (κ1) is 22.4. The topological polar surface area (TPSA) is 122 Å². The van der Waals surface area contributed by atoms with E-state index in [0.29, 0.717) is 24.9 Å². The molecule has 2 aromatic rings. The lowest BCUT2D eigenvalue weighted by atomic mass is 9.89. The number of hydrogen-bond donors (Lipinski definition) is 2. The van der Waals surface area contributed by atoms with E-state index in [9.17, 15) is 9.18 Å². The van der Waals surface area contributed by atoms with Crippen molar-refractivity contribution in [2.45, 2.75) is 13.0 Å². The predicted octanol–water partition coefficient (Wildman–Crippen LogP) is 1.49. The lowest BCUT2D eigenvalue weighted by molar-refractivity contribution is -0.136. The summed E-state index contributed by atoms with van der Waals surface area (Å²) in [6, 6.07) is 6.31. The molecule has 1 amide bonds. The van der Waals surface area contributed by atoms with Crippen LogP contribution in [0, 0.1) is 24.6 Å². The van der Waals surface area contributed by atoms with Gasteiger partial charge < -0.3 is 25.4 Å². The van der Waals surface area contributed by atoms with E-state index in [1.54, 1.807) is 12.3 Å². The minimum atomic E-state index is -0.301. The number of benzene rings is 1. The molecule has 2 fully saturated rings. The summed E-state index contributed by atoms with van der Waals surface area (Å²) in [5, 5.41) is 6.89. The number of carbonyl (C=O) groups excluding carboxylic acids is 1. The molecule has 166 valence electrons. The number of carbonyl (C=O) groups is 2. The SMILES string of the molecule is COCC(=O)N1C[C@H]2CN(c3ncc(C)c(N)n3)C[C@H]2[C@@H]1c1cccc(F)c1.O=CO. The molecule has 1 aromatic carbocycles. The number of methoxy groups -OCH3 is 1. The zero-order valence-electron chi connectivity index (χ0n) is 17.4. The molecule has 0 bridgehead atoms. The highest BCUT2D eigenvalue weighted by Gasteiger charge is 2.49. The highest BCUT2D eigenvalue weighted by molar-refractivity contribution is 5.78. The lowest BCUT2D eigenvalue weighted by Crippen LogP contribution is -2.38. The number of rotatable bonds is 4. The van der Waals surface area contributed by atoms with E-state index in [0.717, 1.165) is 17.7 Å². The van der Waals surface area contributed by atoms with E-state index in [2.05, 4.69) is 14.9 Å². The maximum atomic E-state index is 13.9. The molecule has 4 rings (SSSR count). The molecular weight excluding hydrogens is 405 g/mol. The summed E-state index contributed by atoms with van der Waals surface area (Å²) in [6.45, 7) is 3.66. The number of carboxylic acid groups (broad SMARTS) is 1. The molecule has 0 spiro atoms. The predicted molar refractivity (Wildman–Crippen MR) is 112 cm³/mol. The molecule has 31 heavy (non-hydrogen) atoms. The van der Waals surface area contributed by atoms with Gasteiger partial charge in [0.05, 0.1) is 6.04 Å². The molecule has 0 unspecified atom stereocenters. The van der Waals surface area contributed by atoms with Crippen LogP contribution in [0.2, 0.25) is 0 Å². The Bertz CT molecular complexity index is 944. The Labute approximate surface area is 179 Å². The van der Waals surface area contributed by atoms with Gasteiger partial charge in [0.15, 0.2) is 0 Å². The Morgan fingerprint density at radius 2 is 2.13 bits per heavy atom. The third kappa shape index (κ3) is 4.74. The van der Waals surface area contributed by atoms with Gasteiger partial charge in [-0.2, -0.15) is 4.98 Å². The van der Waals surface area contributed by atoms with Crippen molar-refractivity contribution >= 4 is 24.1 Å². The molecule has 0 saturated carbocycles. The van der Waals surface area contributed by atoms with Gasteiger partial charge in [0, 0.05) is 50.3 Å². The Balaban J connectivity index is 0.000000858. The molecule has 3 N–H and O–H groups in total. The van der Waals surface area contributed by atoms with E-state index < -0.39 is 0 Å². The average Bonchev–Trinajstić information content (AvgIpc) is 3.29. The maximum Gasteiger partial charge on any atom is 0.290 e. The van der Waals surface area contributed by atoms with Gasteiger partial charge in [-0.3, -0.25) is 9.59 Å². The van der Waals surface area contributed by atoms with Crippen molar-refractivity contribution in [2.75, 3.05) is 44.0 Å². The number of likely N-dealkylation sites (tertiary alicyclic amines) is 1. The van der Waals surface area contributed by atoms with E-state index in [1.807, 2.05) is 17.9 Å². The number of nitrogens with two attached hydrogens (primary N) is 1. The van der Waals surface area contributed by atoms with Crippen LogP contribution in [0.5, 0.6) is 0 Å². The third-order valence-corrected chi connectivity index (χ3v) is 5.72. The molecule has 1 aromatic heterocycles. The number of aryl methyl sites for hydroxylation is 1. The van der Waals surface area contributed by atoms with Crippen LogP contribution in [0.1, 0.15) is 17.2 Å². The molecule has 0 aliphatic carbocycles. The van der Waals surface area contributed by atoms with Crippen LogP contribution in [-0.2, 0) is 14.3 Å². The van der Waals surface area contributed by atoms with Crippen molar-refractivity contribution in [3.05, 3.63) is 47.4 Å². The van der Waals surface area contributed by atoms with E-state index in [1.165, 1.54) is 19.2 Å². The van der Waals surface area contributed by atoms with Crippen LogP contribution >= 0.6 is 0 Å². The van der Waals surface area contributed by atoms with Gasteiger partial charge in [0.1, 0.15) is 18.2 Å². The van der Waals surface area contributed by atoms with Crippen LogP contribution in [0.4, 0.5) is 16.2 Å². The van der Waals surface area contributed by atoms with Crippen molar-refractivity contribution in [1.82, 2.24) is 14.9 Å². The van der Waals surface area contributed by atoms with E-state index in [-0.39, 0.29) is 42.7 Å². The summed E-state index contributed by atoms with van der Waals surface area (Å²) in [5.74, 6) is 1.11. The number of fused-ring (bicyclic) bond motifs is 1. The van der Waals surface area contributed by atoms with E-state index >= 15 is 0 Å². The molecule has 9 nitrogen and oxygen atoms in total. The van der Waals surface area contributed by atoms with Crippen molar-refractivity contribution in [3.63, 3.8) is 0 Å².